The Morgan fingerprint density at radius 1 is 1.03 bits per heavy atom. The summed E-state index contributed by atoms with van der Waals surface area (Å²) >= 11 is 0. The third kappa shape index (κ3) is 5.36. The minimum absolute atomic E-state index is 0.0530. The Kier molecular flexibility index (Phi) is 7.18. The zero-order chi connectivity index (χ0) is 24.9. The third-order valence-corrected chi connectivity index (χ3v) is 6.84. The van der Waals surface area contributed by atoms with Gasteiger partial charge in [0.1, 0.15) is 5.75 Å². The Bertz CT molecular complexity index is 1240. The predicted molar refractivity (Wildman–Crippen MR) is 140 cm³/mol. The molecule has 2 heterocycles. The maximum Gasteiger partial charge on any atom is 0.255 e. The van der Waals surface area contributed by atoms with Gasteiger partial charge in [-0.05, 0) is 72.9 Å². The minimum Gasteiger partial charge on any atom is -0.497 e. The number of fused-ring (bicyclic) bond motifs is 1. The molecule has 0 aromatic heterocycles. The van der Waals surface area contributed by atoms with Crippen LogP contribution in [0.1, 0.15) is 44.7 Å². The lowest BCUT2D eigenvalue weighted by molar-refractivity contribution is 0.0858. The lowest BCUT2D eigenvalue weighted by Crippen LogP contribution is -2.35. The van der Waals surface area contributed by atoms with Gasteiger partial charge in [-0.2, -0.15) is 0 Å². The summed E-state index contributed by atoms with van der Waals surface area (Å²) < 4.78 is 10.8. The van der Waals surface area contributed by atoms with Gasteiger partial charge in [0.05, 0.1) is 18.8 Å². The zero-order valence-corrected chi connectivity index (χ0v) is 20.5. The van der Waals surface area contributed by atoms with Gasteiger partial charge in [0.25, 0.3) is 11.8 Å². The first-order valence-corrected chi connectivity index (χ1v) is 12.4. The smallest absolute Gasteiger partial charge is 0.255 e. The molecule has 36 heavy (non-hydrogen) atoms. The molecule has 2 amide bonds. The van der Waals surface area contributed by atoms with Crippen molar-refractivity contribution < 1.29 is 19.1 Å². The third-order valence-electron chi connectivity index (χ3n) is 6.84. The SMILES string of the molecule is COc1ccc(C(=O)Nc2ccc(N3CCc4ccccc4C3)c(C(=O)NCC3CCCO3)c2)cc1. The molecule has 1 unspecified atom stereocenters. The van der Waals surface area contributed by atoms with Gasteiger partial charge >= 0.3 is 0 Å². The normalized spacial score (nSPS) is 16.8. The van der Waals surface area contributed by atoms with Crippen molar-refractivity contribution in [3.05, 3.63) is 89.0 Å². The number of methoxy groups -OCH3 is 1. The first-order valence-electron chi connectivity index (χ1n) is 12.4. The van der Waals surface area contributed by atoms with Crippen molar-refractivity contribution in [2.45, 2.75) is 31.9 Å². The monoisotopic (exact) mass is 485 g/mol. The van der Waals surface area contributed by atoms with E-state index in [0.717, 1.165) is 44.6 Å². The molecule has 1 fully saturated rings. The number of carbonyl (C=O) groups is 2. The van der Waals surface area contributed by atoms with Gasteiger partial charge in [0.15, 0.2) is 0 Å². The second-order valence-electron chi connectivity index (χ2n) is 9.20. The Morgan fingerprint density at radius 3 is 2.58 bits per heavy atom. The van der Waals surface area contributed by atoms with Crippen molar-refractivity contribution in [1.29, 1.82) is 0 Å². The van der Waals surface area contributed by atoms with E-state index in [1.54, 1.807) is 37.4 Å². The molecule has 2 N–H and O–H groups in total. The van der Waals surface area contributed by atoms with Crippen LogP contribution in [0.15, 0.2) is 66.7 Å². The first-order chi connectivity index (χ1) is 17.6. The average molecular weight is 486 g/mol. The molecule has 0 radical (unpaired) electrons. The van der Waals surface area contributed by atoms with Gasteiger partial charge in [-0.25, -0.2) is 0 Å². The van der Waals surface area contributed by atoms with Gasteiger partial charge in [-0.3, -0.25) is 9.59 Å². The van der Waals surface area contributed by atoms with Gasteiger partial charge < -0.3 is 25.0 Å². The van der Waals surface area contributed by atoms with E-state index in [0.29, 0.717) is 29.1 Å². The zero-order valence-electron chi connectivity index (χ0n) is 20.5. The van der Waals surface area contributed by atoms with E-state index < -0.39 is 0 Å². The fourth-order valence-electron chi connectivity index (χ4n) is 4.83. The van der Waals surface area contributed by atoms with Gasteiger partial charge in [0, 0.05) is 43.2 Å². The standard InChI is InChI=1S/C29H31N3O4/c1-35-24-11-8-21(9-12-24)28(33)31-23-10-13-27(32-15-14-20-5-2-3-6-22(20)19-32)26(17-23)29(34)30-18-25-7-4-16-36-25/h2-3,5-6,8-13,17,25H,4,7,14-16,18-19H2,1H3,(H,30,34)(H,31,33). The molecular weight excluding hydrogens is 454 g/mol. The van der Waals surface area contributed by atoms with Crippen LogP contribution < -0.4 is 20.3 Å². The number of rotatable bonds is 7. The topological polar surface area (TPSA) is 79.9 Å². The van der Waals surface area contributed by atoms with Crippen molar-refractivity contribution >= 4 is 23.2 Å². The molecule has 7 heteroatoms. The molecule has 5 rings (SSSR count). The Balaban J connectivity index is 1.38. The molecule has 0 saturated carbocycles. The molecule has 186 valence electrons. The largest absolute Gasteiger partial charge is 0.497 e. The fourth-order valence-corrected chi connectivity index (χ4v) is 4.83. The number of amides is 2. The summed E-state index contributed by atoms with van der Waals surface area (Å²) in [4.78, 5) is 28.4. The highest BCUT2D eigenvalue weighted by Gasteiger charge is 2.23. The molecule has 3 aromatic rings. The van der Waals surface area contributed by atoms with Crippen molar-refractivity contribution in [3.8, 4) is 5.75 Å². The van der Waals surface area contributed by atoms with Crippen molar-refractivity contribution in [2.75, 3.05) is 37.0 Å². The second-order valence-corrected chi connectivity index (χ2v) is 9.20. The number of nitrogens with zero attached hydrogens (tertiary/aromatic N) is 1. The molecule has 3 aromatic carbocycles. The summed E-state index contributed by atoms with van der Waals surface area (Å²) in [5, 5.41) is 5.98. The van der Waals surface area contributed by atoms with Gasteiger partial charge in [-0.15, -0.1) is 0 Å². The van der Waals surface area contributed by atoms with E-state index in [1.807, 2.05) is 12.1 Å². The van der Waals surface area contributed by atoms with E-state index in [2.05, 4.69) is 39.8 Å². The highest BCUT2D eigenvalue weighted by molar-refractivity contribution is 6.06. The van der Waals surface area contributed by atoms with Crippen LogP contribution in [0.2, 0.25) is 0 Å². The molecule has 1 saturated heterocycles. The van der Waals surface area contributed by atoms with E-state index >= 15 is 0 Å². The molecule has 1 atom stereocenters. The van der Waals surface area contributed by atoms with Crippen molar-refractivity contribution in [3.63, 3.8) is 0 Å². The van der Waals surface area contributed by atoms with E-state index in [1.165, 1.54) is 11.1 Å². The second kappa shape index (κ2) is 10.8. The summed E-state index contributed by atoms with van der Waals surface area (Å²) in [5.74, 6) is 0.270. The van der Waals surface area contributed by atoms with Crippen molar-refractivity contribution in [1.82, 2.24) is 5.32 Å². The van der Waals surface area contributed by atoms with Crippen LogP contribution in [0, 0.1) is 0 Å². The average Bonchev–Trinajstić information content (AvgIpc) is 3.45. The Morgan fingerprint density at radius 2 is 1.83 bits per heavy atom. The fraction of sp³-hybridized carbons (Fsp3) is 0.310. The molecule has 0 spiro atoms. The van der Waals surface area contributed by atoms with E-state index in [9.17, 15) is 9.59 Å². The van der Waals surface area contributed by atoms with Crippen LogP contribution >= 0.6 is 0 Å². The summed E-state index contributed by atoms with van der Waals surface area (Å²) in [7, 11) is 1.59. The molecule has 2 aliphatic heterocycles. The van der Waals surface area contributed by atoms with Gasteiger partial charge in [-0.1, -0.05) is 24.3 Å². The van der Waals surface area contributed by atoms with Crippen LogP contribution in [0.5, 0.6) is 5.75 Å². The number of benzene rings is 3. The Labute approximate surface area is 211 Å². The highest BCUT2D eigenvalue weighted by atomic mass is 16.5. The van der Waals surface area contributed by atoms with E-state index in [4.69, 9.17) is 9.47 Å². The van der Waals surface area contributed by atoms with E-state index in [-0.39, 0.29) is 17.9 Å². The maximum atomic E-state index is 13.4. The number of ether oxygens (including phenoxy) is 2. The number of hydrogen-bond acceptors (Lipinski definition) is 5. The number of hydrogen-bond donors (Lipinski definition) is 2. The van der Waals surface area contributed by atoms with Crippen LogP contribution in [0.3, 0.4) is 0 Å². The molecule has 0 aliphatic carbocycles. The minimum atomic E-state index is -0.247. The highest BCUT2D eigenvalue weighted by Crippen LogP contribution is 2.30. The van der Waals surface area contributed by atoms with Crippen LogP contribution in [-0.2, 0) is 17.7 Å². The van der Waals surface area contributed by atoms with Crippen LogP contribution in [0.25, 0.3) is 0 Å². The number of nitrogens with one attached hydrogen (secondary N) is 2. The number of anilines is 2. The number of carbonyl (C=O) groups excluding carboxylic acids is 2. The molecule has 0 bridgehead atoms. The molecule has 7 nitrogen and oxygen atoms in total. The lowest BCUT2D eigenvalue weighted by atomic mass is 9.98. The summed E-state index contributed by atoms with van der Waals surface area (Å²) in [6.45, 7) is 2.77. The molecule has 2 aliphatic rings. The van der Waals surface area contributed by atoms with Crippen LogP contribution in [-0.4, -0.2) is 44.7 Å². The quantitative estimate of drug-likeness (QED) is 0.518. The Hall–Kier alpha value is -3.84. The maximum absolute atomic E-state index is 13.4. The summed E-state index contributed by atoms with van der Waals surface area (Å²) in [5.41, 5.74) is 5.10. The first kappa shape index (κ1) is 23.9. The predicted octanol–water partition coefficient (Wildman–Crippen LogP) is 4.42. The molecular formula is C29H31N3O4. The van der Waals surface area contributed by atoms with Gasteiger partial charge in [0.2, 0.25) is 0 Å². The summed E-state index contributed by atoms with van der Waals surface area (Å²) in [6, 6.07) is 20.9. The summed E-state index contributed by atoms with van der Waals surface area (Å²) in [6.07, 6.45) is 2.94. The van der Waals surface area contributed by atoms with Crippen LogP contribution in [0.4, 0.5) is 11.4 Å². The lowest BCUT2D eigenvalue weighted by Gasteiger charge is -2.32. The van der Waals surface area contributed by atoms with Crippen molar-refractivity contribution in [2.24, 2.45) is 0 Å².